The van der Waals surface area contributed by atoms with E-state index in [1.54, 1.807) is 0 Å². The zero-order chi connectivity index (χ0) is 18.9. The van der Waals surface area contributed by atoms with E-state index >= 15 is 0 Å². The van der Waals surface area contributed by atoms with Crippen LogP contribution in [0.5, 0.6) is 0 Å². The summed E-state index contributed by atoms with van der Waals surface area (Å²) < 4.78 is 5.53. The molecule has 1 aliphatic carbocycles. The molecule has 6 nitrogen and oxygen atoms in total. The Labute approximate surface area is 191 Å². The number of ether oxygens (including phenoxy) is 1. The monoisotopic (exact) mass is 521 g/mol. The first-order valence-corrected chi connectivity index (χ1v) is 11.2. The molecule has 0 bridgehead atoms. The lowest BCUT2D eigenvalue weighted by Crippen LogP contribution is -2.47. The number of nitrogens with zero attached hydrogens (tertiary/aromatic N) is 3. The van der Waals surface area contributed by atoms with Crippen molar-refractivity contribution in [1.29, 1.82) is 0 Å². The molecule has 1 aromatic rings. The molecule has 1 unspecified atom stereocenters. The normalized spacial score (nSPS) is 20.2. The van der Waals surface area contributed by atoms with Crippen LogP contribution in [-0.4, -0.2) is 81.8 Å². The zero-order valence-electron chi connectivity index (χ0n) is 17.2. The smallest absolute Gasteiger partial charge is 0.191 e. The van der Waals surface area contributed by atoms with Gasteiger partial charge in [-0.15, -0.1) is 35.3 Å². The molecule has 160 valence electrons. The van der Waals surface area contributed by atoms with Gasteiger partial charge in [0, 0.05) is 50.7 Å². The van der Waals surface area contributed by atoms with Crippen molar-refractivity contribution in [3.63, 3.8) is 0 Å². The Kier molecular flexibility index (Phi) is 11.1. The van der Waals surface area contributed by atoms with Gasteiger partial charge in [0.05, 0.1) is 19.3 Å². The molecule has 0 aromatic carbocycles. The van der Waals surface area contributed by atoms with Gasteiger partial charge in [-0.05, 0) is 31.3 Å². The number of hydrogen-bond donors (Lipinski definition) is 2. The van der Waals surface area contributed by atoms with Crippen LogP contribution in [0.2, 0.25) is 0 Å². The van der Waals surface area contributed by atoms with Gasteiger partial charge < -0.3 is 20.3 Å². The van der Waals surface area contributed by atoms with Gasteiger partial charge in [-0.3, -0.25) is 9.89 Å². The molecule has 1 atom stereocenters. The second-order valence-corrected chi connectivity index (χ2v) is 8.46. The summed E-state index contributed by atoms with van der Waals surface area (Å²) >= 11 is 1.83. The number of guanidine groups is 1. The van der Waals surface area contributed by atoms with Crippen molar-refractivity contribution in [1.82, 2.24) is 20.4 Å². The highest BCUT2D eigenvalue weighted by Crippen LogP contribution is 2.25. The molecule has 0 amide bonds. The topological polar surface area (TPSA) is 52.1 Å². The summed E-state index contributed by atoms with van der Waals surface area (Å²) in [5.74, 6) is 0.893. The van der Waals surface area contributed by atoms with Crippen molar-refractivity contribution in [2.24, 2.45) is 4.99 Å². The molecule has 1 aromatic heterocycles. The summed E-state index contributed by atoms with van der Waals surface area (Å²) in [7, 11) is 4.10. The van der Waals surface area contributed by atoms with Crippen LogP contribution in [-0.2, 0) is 4.74 Å². The van der Waals surface area contributed by atoms with E-state index in [9.17, 15) is 0 Å². The fourth-order valence-electron chi connectivity index (χ4n) is 4.07. The van der Waals surface area contributed by atoms with E-state index in [0.717, 1.165) is 57.9 Å². The van der Waals surface area contributed by atoms with Crippen molar-refractivity contribution >= 4 is 41.3 Å². The van der Waals surface area contributed by atoms with Crippen LogP contribution < -0.4 is 10.6 Å². The predicted molar refractivity (Wildman–Crippen MR) is 129 cm³/mol. The van der Waals surface area contributed by atoms with Crippen molar-refractivity contribution < 1.29 is 4.74 Å². The van der Waals surface area contributed by atoms with E-state index in [2.05, 4.69) is 50.0 Å². The van der Waals surface area contributed by atoms with Crippen molar-refractivity contribution in [3.05, 3.63) is 22.4 Å². The van der Waals surface area contributed by atoms with E-state index in [1.807, 2.05) is 18.4 Å². The predicted octanol–water partition coefficient (Wildman–Crippen LogP) is 2.78. The van der Waals surface area contributed by atoms with E-state index in [1.165, 1.54) is 30.6 Å². The summed E-state index contributed by atoms with van der Waals surface area (Å²) in [5, 5.41) is 9.19. The maximum absolute atomic E-state index is 5.53. The van der Waals surface area contributed by atoms with Crippen LogP contribution >= 0.6 is 35.3 Å². The molecule has 28 heavy (non-hydrogen) atoms. The van der Waals surface area contributed by atoms with Gasteiger partial charge in [0.1, 0.15) is 0 Å². The Morgan fingerprint density at radius 2 is 2.07 bits per heavy atom. The third-order valence-corrected chi connectivity index (χ3v) is 6.72. The Hall–Kier alpha value is -0.420. The first-order valence-electron chi connectivity index (χ1n) is 10.3. The van der Waals surface area contributed by atoms with Gasteiger partial charge in [-0.2, -0.15) is 0 Å². The molecule has 2 N–H and O–H groups in total. The molecule has 0 spiro atoms. The molecule has 1 aliphatic heterocycles. The Bertz CT molecular complexity index is 559. The molecule has 1 saturated heterocycles. The van der Waals surface area contributed by atoms with E-state index in [0.29, 0.717) is 6.04 Å². The summed E-state index contributed by atoms with van der Waals surface area (Å²) in [6.07, 6.45) is 5.48. The largest absolute Gasteiger partial charge is 0.379 e. The minimum atomic E-state index is 0. The summed E-state index contributed by atoms with van der Waals surface area (Å²) in [5.41, 5.74) is 0. The number of thiophene rings is 1. The molecule has 8 heteroatoms. The number of hydrogen-bond acceptors (Lipinski definition) is 5. The number of halogens is 1. The fourth-order valence-corrected chi connectivity index (χ4v) is 4.93. The third kappa shape index (κ3) is 7.12. The molecular weight excluding hydrogens is 485 g/mol. The average Bonchev–Trinajstić information content (AvgIpc) is 3.41. The molecule has 2 fully saturated rings. The molecule has 1 saturated carbocycles. The maximum atomic E-state index is 5.53. The zero-order valence-corrected chi connectivity index (χ0v) is 20.4. The van der Waals surface area contributed by atoms with Gasteiger partial charge in [0.25, 0.3) is 0 Å². The number of rotatable bonds is 8. The van der Waals surface area contributed by atoms with Crippen LogP contribution in [0.4, 0.5) is 0 Å². The van der Waals surface area contributed by atoms with Gasteiger partial charge in [0.15, 0.2) is 5.96 Å². The number of aliphatic imine (C=N–C) groups is 1. The lowest BCUT2D eigenvalue weighted by atomic mass is 10.2. The third-order valence-electron chi connectivity index (χ3n) is 5.75. The van der Waals surface area contributed by atoms with Crippen LogP contribution in [0.15, 0.2) is 22.5 Å². The van der Waals surface area contributed by atoms with Gasteiger partial charge in [-0.25, -0.2) is 0 Å². The van der Waals surface area contributed by atoms with E-state index in [-0.39, 0.29) is 24.0 Å². The standard InChI is InChI=1S/C20H35N5OS.HI/c1-21-20(22-9-10-24(2)17-6-3-4-7-17)23-16-18(19-8-5-15-27-19)25-11-13-26-14-12-25;/h5,8,15,17-18H,3-4,6-7,9-14,16H2,1-2H3,(H2,21,22,23);1H. The lowest BCUT2D eigenvalue weighted by molar-refractivity contribution is 0.0177. The fraction of sp³-hybridized carbons (Fsp3) is 0.750. The SMILES string of the molecule is CN=C(NCCN(C)C1CCCC1)NCC(c1cccs1)N1CCOCC1.I. The number of nitrogens with one attached hydrogen (secondary N) is 2. The van der Waals surface area contributed by atoms with Crippen LogP contribution in [0.25, 0.3) is 0 Å². The highest BCUT2D eigenvalue weighted by molar-refractivity contribution is 14.0. The van der Waals surface area contributed by atoms with Crippen LogP contribution in [0.3, 0.4) is 0 Å². The van der Waals surface area contributed by atoms with Gasteiger partial charge in [0.2, 0.25) is 0 Å². The first kappa shape index (κ1) is 23.9. The minimum Gasteiger partial charge on any atom is -0.379 e. The highest BCUT2D eigenvalue weighted by Gasteiger charge is 2.24. The summed E-state index contributed by atoms with van der Waals surface area (Å²) in [6.45, 7) is 6.46. The second-order valence-electron chi connectivity index (χ2n) is 7.48. The molecular formula is C20H36IN5OS. The minimum absolute atomic E-state index is 0. The lowest BCUT2D eigenvalue weighted by Gasteiger charge is -2.34. The Morgan fingerprint density at radius 3 is 2.71 bits per heavy atom. The quantitative estimate of drug-likeness (QED) is 0.313. The number of likely N-dealkylation sites (N-methyl/N-ethyl adjacent to an activating group) is 1. The summed E-state index contributed by atoms with van der Waals surface area (Å²) in [6, 6.07) is 5.51. The Morgan fingerprint density at radius 1 is 1.32 bits per heavy atom. The Balaban J connectivity index is 0.00000280. The molecule has 3 rings (SSSR count). The van der Waals surface area contributed by atoms with Crippen LogP contribution in [0.1, 0.15) is 36.6 Å². The second kappa shape index (κ2) is 13.0. The molecule has 0 radical (unpaired) electrons. The average molecular weight is 522 g/mol. The van der Waals surface area contributed by atoms with E-state index in [4.69, 9.17) is 4.74 Å². The van der Waals surface area contributed by atoms with Gasteiger partial charge >= 0.3 is 0 Å². The first-order chi connectivity index (χ1) is 13.3. The van der Waals surface area contributed by atoms with Crippen molar-refractivity contribution in [3.8, 4) is 0 Å². The molecule has 2 aliphatic rings. The maximum Gasteiger partial charge on any atom is 0.191 e. The van der Waals surface area contributed by atoms with Crippen molar-refractivity contribution in [2.75, 3.05) is 60.0 Å². The van der Waals surface area contributed by atoms with Crippen molar-refractivity contribution in [2.45, 2.75) is 37.8 Å². The van der Waals surface area contributed by atoms with Gasteiger partial charge in [-0.1, -0.05) is 18.9 Å². The highest BCUT2D eigenvalue weighted by atomic mass is 127. The molecule has 2 heterocycles. The number of morpholine rings is 1. The summed E-state index contributed by atoms with van der Waals surface area (Å²) in [4.78, 5) is 10.8. The van der Waals surface area contributed by atoms with E-state index < -0.39 is 0 Å². The van der Waals surface area contributed by atoms with Crippen LogP contribution in [0, 0.1) is 0 Å².